The van der Waals surface area contributed by atoms with Gasteiger partial charge >= 0.3 is 0 Å². The van der Waals surface area contributed by atoms with Gasteiger partial charge in [0.05, 0.1) is 0 Å². The minimum atomic E-state index is -3.68. The van der Waals surface area contributed by atoms with E-state index in [1.54, 1.807) is 12.1 Å². The number of hydrogen-bond donors (Lipinski definition) is 3. The summed E-state index contributed by atoms with van der Waals surface area (Å²) in [5.74, 6) is 0. The minimum absolute atomic E-state index is 0.000400. The van der Waals surface area contributed by atoms with Crippen LogP contribution in [0.15, 0.2) is 26.0 Å². The molecule has 0 bridgehead atoms. The zero-order valence-corrected chi connectivity index (χ0v) is 15.4. The highest BCUT2D eigenvalue weighted by molar-refractivity contribution is 9.11. The molecule has 0 saturated heterocycles. The van der Waals surface area contributed by atoms with E-state index in [0.717, 1.165) is 25.7 Å². The van der Waals surface area contributed by atoms with Gasteiger partial charge in [0.15, 0.2) is 0 Å². The summed E-state index contributed by atoms with van der Waals surface area (Å²) >= 11 is 6.48. The van der Waals surface area contributed by atoms with Crippen molar-refractivity contribution in [2.45, 2.75) is 30.6 Å². The lowest BCUT2D eigenvalue weighted by molar-refractivity contribution is 0.134. The SMILES string of the molecule is Nc1cc(Br)c(S(=O)(=O)NCC2(CO)CCCC2)c(Br)c1. The number of nitrogens with one attached hydrogen (secondary N) is 1. The van der Waals surface area contributed by atoms with E-state index in [-0.39, 0.29) is 23.5 Å². The van der Waals surface area contributed by atoms with Gasteiger partial charge in [-0.25, -0.2) is 13.1 Å². The Balaban J connectivity index is 2.23. The molecule has 0 aromatic heterocycles. The number of nitrogens with two attached hydrogens (primary N) is 1. The van der Waals surface area contributed by atoms with Crippen molar-refractivity contribution >= 4 is 47.6 Å². The minimum Gasteiger partial charge on any atom is -0.399 e. The first-order valence-corrected chi connectivity index (χ1v) is 9.72. The van der Waals surface area contributed by atoms with Crippen LogP contribution in [0.5, 0.6) is 0 Å². The molecule has 0 unspecified atom stereocenters. The molecule has 1 fully saturated rings. The summed E-state index contributed by atoms with van der Waals surface area (Å²) in [6, 6.07) is 3.10. The van der Waals surface area contributed by atoms with Gasteiger partial charge in [-0.05, 0) is 56.8 Å². The Labute approximate surface area is 141 Å². The third-order valence-electron chi connectivity index (χ3n) is 3.93. The third kappa shape index (κ3) is 3.79. The number of nitrogen functional groups attached to an aromatic ring is 1. The summed E-state index contributed by atoms with van der Waals surface area (Å²) in [6.07, 6.45) is 3.74. The average Bonchev–Trinajstić information content (AvgIpc) is 2.84. The molecule has 5 nitrogen and oxygen atoms in total. The Morgan fingerprint density at radius 1 is 1.24 bits per heavy atom. The molecule has 0 spiro atoms. The van der Waals surface area contributed by atoms with Crippen LogP contribution in [0.2, 0.25) is 0 Å². The van der Waals surface area contributed by atoms with Crippen molar-refractivity contribution in [2.75, 3.05) is 18.9 Å². The van der Waals surface area contributed by atoms with Crippen LogP contribution in [-0.4, -0.2) is 26.7 Å². The molecular formula is C13H18Br2N2O3S. The first-order chi connectivity index (χ1) is 9.80. The van der Waals surface area contributed by atoms with Gasteiger partial charge in [-0.3, -0.25) is 0 Å². The van der Waals surface area contributed by atoms with Gasteiger partial charge in [0.2, 0.25) is 10.0 Å². The van der Waals surface area contributed by atoms with Crippen LogP contribution in [-0.2, 0) is 10.0 Å². The molecule has 118 valence electrons. The van der Waals surface area contributed by atoms with Crippen molar-refractivity contribution in [3.8, 4) is 0 Å². The zero-order chi connectivity index (χ0) is 15.7. The van der Waals surface area contributed by atoms with Crippen LogP contribution in [0.3, 0.4) is 0 Å². The van der Waals surface area contributed by atoms with Crippen molar-refractivity contribution < 1.29 is 13.5 Å². The molecule has 0 aliphatic heterocycles. The van der Waals surface area contributed by atoms with Gasteiger partial charge in [0, 0.05) is 33.2 Å². The Morgan fingerprint density at radius 3 is 2.24 bits per heavy atom. The van der Waals surface area contributed by atoms with Crippen molar-refractivity contribution in [1.29, 1.82) is 0 Å². The largest absolute Gasteiger partial charge is 0.399 e. The predicted molar refractivity (Wildman–Crippen MR) is 89.4 cm³/mol. The second-order valence-corrected chi connectivity index (χ2v) is 8.92. The topological polar surface area (TPSA) is 92.4 Å². The van der Waals surface area contributed by atoms with E-state index in [4.69, 9.17) is 5.73 Å². The molecule has 1 aliphatic rings. The van der Waals surface area contributed by atoms with Crippen LogP contribution < -0.4 is 10.5 Å². The lowest BCUT2D eigenvalue weighted by Crippen LogP contribution is -2.38. The Bertz CT molecular complexity index is 605. The van der Waals surface area contributed by atoms with Crippen molar-refractivity contribution in [2.24, 2.45) is 5.41 Å². The monoisotopic (exact) mass is 440 g/mol. The highest BCUT2D eigenvalue weighted by Crippen LogP contribution is 2.38. The lowest BCUT2D eigenvalue weighted by atomic mass is 9.88. The van der Waals surface area contributed by atoms with E-state index >= 15 is 0 Å². The van der Waals surface area contributed by atoms with E-state index < -0.39 is 10.0 Å². The summed E-state index contributed by atoms with van der Waals surface area (Å²) in [5, 5.41) is 9.56. The molecule has 1 aliphatic carbocycles. The van der Waals surface area contributed by atoms with E-state index in [9.17, 15) is 13.5 Å². The Kier molecular flexibility index (Phi) is 5.36. The first-order valence-electron chi connectivity index (χ1n) is 6.65. The summed E-state index contributed by atoms with van der Waals surface area (Å²) in [5.41, 5.74) is 5.81. The maximum absolute atomic E-state index is 12.5. The van der Waals surface area contributed by atoms with E-state index in [2.05, 4.69) is 36.6 Å². The van der Waals surface area contributed by atoms with Gasteiger partial charge in [0.25, 0.3) is 0 Å². The van der Waals surface area contributed by atoms with Crippen LogP contribution >= 0.6 is 31.9 Å². The normalized spacial score (nSPS) is 18.0. The molecule has 0 amide bonds. The van der Waals surface area contributed by atoms with Gasteiger partial charge in [-0.1, -0.05) is 12.8 Å². The molecule has 21 heavy (non-hydrogen) atoms. The number of hydrogen-bond acceptors (Lipinski definition) is 4. The molecule has 1 aromatic rings. The standard InChI is InChI=1S/C13H18Br2N2O3S/c14-10-5-9(16)6-11(15)12(10)21(19,20)17-7-13(8-18)3-1-2-4-13/h5-6,17-18H,1-4,7-8,16H2. The number of halogens is 2. The van der Waals surface area contributed by atoms with Crippen molar-refractivity contribution in [1.82, 2.24) is 4.72 Å². The van der Waals surface area contributed by atoms with Crippen molar-refractivity contribution in [3.63, 3.8) is 0 Å². The zero-order valence-electron chi connectivity index (χ0n) is 11.4. The lowest BCUT2D eigenvalue weighted by Gasteiger charge is -2.26. The fraction of sp³-hybridized carbons (Fsp3) is 0.538. The smallest absolute Gasteiger partial charge is 0.242 e. The summed E-state index contributed by atoms with van der Waals surface area (Å²) in [4.78, 5) is 0.128. The number of benzene rings is 1. The van der Waals surface area contributed by atoms with E-state index in [0.29, 0.717) is 14.6 Å². The molecule has 0 atom stereocenters. The van der Waals surface area contributed by atoms with Gasteiger partial charge < -0.3 is 10.8 Å². The number of rotatable bonds is 5. The fourth-order valence-corrected chi connectivity index (χ4v) is 6.44. The second kappa shape index (κ2) is 6.54. The number of aliphatic hydroxyl groups is 1. The molecule has 0 radical (unpaired) electrons. The molecule has 1 saturated carbocycles. The predicted octanol–water partition coefficient (Wildman–Crippen LogP) is 2.62. The second-order valence-electron chi connectivity index (χ2n) is 5.50. The highest BCUT2D eigenvalue weighted by Gasteiger charge is 2.35. The van der Waals surface area contributed by atoms with Crippen LogP contribution in [0.1, 0.15) is 25.7 Å². The molecule has 1 aromatic carbocycles. The quantitative estimate of drug-likeness (QED) is 0.612. The number of sulfonamides is 1. The van der Waals surface area contributed by atoms with Crippen LogP contribution in [0, 0.1) is 5.41 Å². The van der Waals surface area contributed by atoms with Crippen LogP contribution in [0.4, 0.5) is 5.69 Å². The summed E-state index contributed by atoms with van der Waals surface area (Å²) in [6.45, 7) is 0.245. The maximum atomic E-state index is 12.5. The summed E-state index contributed by atoms with van der Waals surface area (Å²) < 4.78 is 28.5. The van der Waals surface area contributed by atoms with Gasteiger partial charge in [0.1, 0.15) is 4.90 Å². The maximum Gasteiger partial charge on any atom is 0.242 e. The fourth-order valence-electron chi connectivity index (χ4n) is 2.67. The van der Waals surface area contributed by atoms with Crippen molar-refractivity contribution in [3.05, 3.63) is 21.1 Å². The molecule has 8 heteroatoms. The van der Waals surface area contributed by atoms with Gasteiger partial charge in [-0.2, -0.15) is 0 Å². The number of anilines is 1. The molecule has 4 N–H and O–H groups in total. The summed E-state index contributed by atoms with van der Waals surface area (Å²) in [7, 11) is -3.68. The van der Waals surface area contributed by atoms with E-state index in [1.807, 2.05) is 0 Å². The molecule has 0 heterocycles. The number of aliphatic hydroxyl groups excluding tert-OH is 1. The molecular weight excluding hydrogens is 424 g/mol. The first kappa shape index (κ1) is 17.2. The Morgan fingerprint density at radius 2 is 1.76 bits per heavy atom. The van der Waals surface area contributed by atoms with E-state index in [1.165, 1.54) is 0 Å². The van der Waals surface area contributed by atoms with Crippen LogP contribution in [0.25, 0.3) is 0 Å². The Hall–Kier alpha value is -0.150. The third-order valence-corrected chi connectivity index (χ3v) is 7.20. The highest BCUT2D eigenvalue weighted by atomic mass is 79.9. The molecule has 2 rings (SSSR count). The van der Waals surface area contributed by atoms with Gasteiger partial charge in [-0.15, -0.1) is 0 Å². The average molecular weight is 442 g/mol.